The van der Waals surface area contributed by atoms with E-state index in [1.165, 1.54) is 22.5 Å². The van der Waals surface area contributed by atoms with Crippen molar-refractivity contribution in [2.45, 2.75) is 44.2 Å². The topological polar surface area (TPSA) is 145 Å². The molecule has 4 rings (SSSR count). The highest BCUT2D eigenvalue weighted by Gasteiger charge is 2.32. The molecule has 0 radical (unpaired) electrons. The van der Waals surface area contributed by atoms with Crippen LogP contribution in [0.15, 0.2) is 76.0 Å². The van der Waals surface area contributed by atoms with E-state index in [-0.39, 0.29) is 47.7 Å². The van der Waals surface area contributed by atoms with E-state index >= 15 is 0 Å². The number of carbonyl (C=O) groups is 1. The van der Waals surface area contributed by atoms with Crippen molar-refractivity contribution >= 4 is 33.0 Å². The Morgan fingerprint density at radius 2 is 1.78 bits per heavy atom. The molecule has 41 heavy (non-hydrogen) atoms. The van der Waals surface area contributed by atoms with E-state index in [1.807, 2.05) is 44.2 Å². The fourth-order valence-electron chi connectivity index (χ4n) is 4.60. The van der Waals surface area contributed by atoms with Gasteiger partial charge in [0.1, 0.15) is 11.3 Å². The number of sulfonamides is 1. The maximum atomic E-state index is 13.9. The highest BCUT2D eigenvalue weighted by molar-refractivity contribution is 7.89. The van der Waals surface area contributed by atoms with Crippen LogP contribution >= 0.6 is 0 Å². The largest absolute Gasteiger partial charge is 0.508 e. The van der Waals surface area contributed by atoms with Crippen LogP contribution in [0.4, 0.5) is 6.01 Å². The average molecular weight is 581 g/mol. The van der Waals surface area contributed by atoms with Crippen molar-refractivity contribution < 1.29 is 27.8 Å². The maximum Gasteiger partial charge on any atom is 0.295 e. The van der Waals surface area contributed by atoms with Crippen LogP contribution in [0.5, 0.6) is 5.75 Å². The van der Waals surface area contributed by atoms with Gasteiger partial charge in [0, 0.05) is 37.3 Å². The quantitative estimate of drug-likeness (QED) is 0.197. The van der Waals surface area contributed by atoms with Gasteiger partial charge in [0.2, 0.25) is 10.0 Å². The van der Waals surface area contributed by atoms with Crippen molar-refractivity contribution in [3.63, 3.8) is 0 Å². The molecule has 218 valence electrons. The number of nitrogens with zero attached hydrogens (tertiary/aromatic N) is 2. The van der Waals surface area contributed by atoms with E-state index in [0.29, 0.717) is 16.7 Å². The lowest BCUT2D eigenvalue weighted by Gasteiger charge is -2.31. The van der Waals surface area contributed by atoms with E-state index in [1.54, 1.807) is 32.2 Å². The molecule has 11 heteroatoms. The summed E-state index contributed by atoms with van der Waals surface area (Å²) in [6, 6.07) is 17.9. The third-order valence-electron chi connectivity index (χ3n) is 6.80. The van der Waals surface area contributed by atoms with Crippen molar-refractivity contribution in [3.8, 4) is 5.75 Å². The minimum Gasteiger partial charge on any atom is -0.508 e. The maximum absolute atomic E-state index is 13.9. The van der Waals surface area contributed by atoms with Crippen LogP contribution in [0.3, 0.4) is 0 Å². The molecule has 0 saturated heterocycles. The third-order valence-corrected chi connectivity index (χ3v) is 8.63. The van der Waals surface area contributed by atoms with Gasteiger partial charge in [0.05, 0.1) is 17.0 Å². The van der Waals surface area contributed by atoms with Gasteiger partial charge < -0.3 is 25.3 Å². The first-order valence-corrected chi connectivity index (χ1v) is 14.8. The fraction of sp³-hybridized carbons (Fsp3) is 0.333. The van der Waals surface area contributed by atoms with Crippen LogP contribution < -0.4 is 10.6 Å². The molecule has 1 amide bonds. The molecule has 0 aliphatic carbocycles. The number of hydrogen-bond donors (Lipinski definition) is 4. The second-order valence-electron chi connectivity index (χ2n) is 10.4. The SMILES string of the molecule is CNc1nc2ccc(S(=O)(=O)N(CC(C)C)CC(O)C(Cc3ccccc3)NC(=O)c3cccc(O)c3C)cc2o1. The first-order chi connectivity index (χ1) is 19.5. The van der Waals surface area contributed by atoms with Crippen molar-refractivity contribution in [1.29, 1.82) is 0 Å². The predicted octanol–water partition coefficient (Wildman–Crippen LogP) is 3.93. The van der Waals surface area contributed by atoms with E-state index in [4.69, 9.17) is 4.42 Å². The zero-order chi connectivity index (χ0) is 29.7. The summed E-state index contributed by atoms with van der Waals surface area (Å²) < 4.78 is 34.5. The van der Waals surface area contributed by atoms with Crippen LogP contribution in [-0.2, 0) is 16.4 Å². The molecule has 0 aliphatic heterocycles. The molecule has 1 heterocycles. The molecule has 0 spiro atoms. The minimum atomic E-state index is -4.06. The summed E-state index contributed by atoms with van der Waals surface area (Å²) in [4.78, 5) is 17.5. The molecular weight excluding hydrogens is 544 g/mol. The Bertz CT molecular complexity index is 1600. The van der Waals surface area contributed by atoms with Gasteiger partial charge in [0.15, 0.2) is 5.58 Å². The van der Waals surface area contributed by atoms with Crippen molar-refractivity contribution in [2.24, 2.45) is 5.92 Å². The lowest BCUT2D eigenvalue weighted by Crippen LogP contribution is -2.51. The summed E-state index contributed by atoms with van der Waals surface area (Å²) in [5, 5.41) is 27.3. The van der Waals surface area contributed by atoms with Gasteiger partial charge in [0.25, 0.3) is 11.9 Å². The number of aliphatic hydroxyl groups is 1. The monoisotopic (exact) mass is 580 g/mol. The van der Waals surface area contributed by atoms with Gasteiger partial charge in [-0.05, 0) is 49.1 Å². The number of rotatable bonds is 12. The summed E-state index contributed by atoms with van der Waals surface area (Å²) in [5.74, 6) is -0.538. The normalized spacial score (nSPS) is 13.4. The standard InChI is InChI=1S/C30H36N4O6S/c1-19(2)17-34(41(38,39)22-13-14-24-28(16-22)40-30(31-4)33-24)18-27(36)25(15-21-9-6-5-7-10-21)32-29(37)23-11-8-12-26(35)20(23)3/h5-14,16,19,25,27,35-36H,15,17-18H2,1-4H3,(H,31,33)(H,32,37). The molecule has 0 bridgehead atoms. The van der Waals surface area contributed by atoms with Crippen LogP contribution in [-0.4, -0.2) is 66.1 Å². The number of oxazole rings is 1. The molecular formula is C30H36N4O6S. The zero-order valence-electron chi connectivity index (χ0n) is 23.5. The van der Waals surface area contributed by atoms with E-state index in [9.17, 15) is 23.4 Å². The Morgan fingerprint density at radius 1 is 1.05 bits per heavy atom. The minimum absolute atomic E-state index is 0.00989. The molecule has 0 aliphatic rings. The number of aromatic nitrogens is 1. The molecule has 0 saturated carbocycles. The summed E-state index contributed by atoms with van der Waals surface area (Å²) in [6.45, 7) is 5.30. The lowest BCUT2D eigenvalue weighted by molar-refractivity contribution is 0.0775. The summed E-state index contributed by atoms with van der Waals surface area (Å²) in [5.41, 5.74) is 2.36. The van der Waals surface area contributed by atoms with Crippen LogP contribution in [0.2, 0.25) is 0 Å². The number of aliphatic hydroxyl groups excluding tert-OH is 1. The van der Waals surface area contributed by atoms with Gasteiger partial charge in [-0.1, -0.05) is 50.2 Å². The number of phenols is 1. The van der Waals surface area contributed by atoms with Crippen LogP contribution in [0.25, 0.3) is 11.1 Å². The molecule has 1 aromatic heterocycles. The number of carbonyl (C=O) groups excluding carboxylic acids is 1. The molecule has 2 atom stereocenters. The number of nitrogens with one attached hydrogen (secondary N) is 2. The Hall–Kier alpha value is -3.93. The Kier molecular flexibility index (Phi) is 9.31. The predicted molar refractivity (Wildman–Crippen MR) is 157 cm³/mol. The van der Waals surface area contributed by atoms with Gasteiger partial charge >= 0.3 is 0 Å². The van der Waals surface area contributed by atoms with Crippen LogP contribution in [0, 0.1) is 12.8 Å². The Labute approximate surface area is 240 Å². The number of benzene rings is 3. The van der Waals surface area contributed by atoms with Crippen molar-refractivity contribution in [2.75, 3.05) is 25.5 Å². The van der Waals surface area contributed by atoms with Gasteiger partial charge in [-0.15, -0.1) is 0 Å². The second kappa shape index (κ2) is 12.7. The first-order valence-electron chi connectivity index (χ1n) is 13.4. The number of phenolic OH excluding ortho intramolecular Hbond substituents is 1. The zero-order valence-corrected chi connectivity index (χ0v) is 24.4. The second-order valence-corrected chi connectivity index (χ2v) is 12.3. The van der Waals surface area contributed by atoms with E-state index in [0.717, 1.165) is 5.56 Å². The Morgan fingerprint density at radius 3 is 2.46 bits per heavy atom. The van der Waals surface area contributed by atoms with E-state index in [2.05, 4.69) is 15.6 Å². The molecule has 4 N–H and O–H groups in total. The lowest BCUT2D eigenvalue weighted by atomic mass is 9.99. The van der Waals surface area contributed by atoms with Gasteiger partial charge in [-0.2, -0.15) is 9.29 Å². The molecule has 2 unspecified atom stereocenters. The highest BCUT2D eigenvalue weighted by atomic mass is 32.2. The number of fused-ring (bicyclic) bond motifs is 1. The summed E-state index contributed by atoms with van der Waals surface area (Å²) in [6.07, 6.45) is -0.993. The number of hydrogen-bond acceptors (Lipinski definition) is 8. The van der Waals surface area contributed by atoms with Crippen LogP contribution in [0.1, 0.15) is 35.3 Å². The smallest absolute Gasteiger partial charge is 0.295 e. The molecule has 4 aromatic rings. The van der Waals surface area contributed by atoms with Gasteiger partial charge in [-0.3, -0.25) is 4.79 Å². The first kappa shape index (κ1) is 30.0. The van der Waals surface area contributed by atoms with E-state index < -0.39 is 28.1 Å². The highest BCUT2D eigenvalue weighted by Crippen LogP contribution is 2.26. The molecule has 0 fully saturated rings. The third kappa shape index (κ3) is 7.05. The summed E-state index contributed by atoms with van der Waals surface area (Å²) in [7, 11) is -2.41. The number of anilines is 1. The molecule has 3 aromatic carbocycles. The van der Waals surface area contributed by atoms with Crippen molar-refractivity contribution in [3.05, 3.63) is 83.4 Å². The summed E-state index contributed by atoms with van der Waals surface area (Å²) >= 11 is 0. The van der Waals surface area contributed by atoms with Gasteiger partial charge in [-0.25, -0.2) is 8.42 Å². The number of aromatic hydroxyl groups is 1. The molecule has 10 nitrogen and oxygen atoms in total. The fourth-order valence-corrected chi connectivity index (χ4v) is 6.24. The number of amides is 1. The average Bonchev–Trinajstić information content (AvgIpc) is 3.37. The Balaban J connectivity index is 1.64. The van der Waals surface area contributed by atoms with Crippen molar-refractivity contribution in [1.82, 2.24) is 14.6 Å².